The zero-order chi connectivity index (χ0) is 24.1. The number of benzene rings is 3. The molecule has 0 aliphatic carbocycles. The Morgan fingerprint density at radius 1 is 1.00 bits per heavy atom. The highest BCUT2D eigenvalue weighted by atomic mass is 16.1. The lowest BCUT2D eigenvalue weighted by Gasteiger charge is -2.16. The zero-order valence-corrected chi connectivity index (χ0v) is 20.1. The third kappa shape index (κ3) is 5.29. The summed E-state index contributed by atoms with van der Waals surface area (Å²) in [6.07, 6.45) is 2.79. The van der Waals surface area contributed by atoms with Gasteiger partial charge in [0, 0.05) is 54.7 Å². The Labute approximate surface area is 200 Å². The second kappa shape index (κ2) is 10.3. The van der Waals surface area contributed by atoms with Crippen molar-refractivity contribution in [3.05, 3.63) is 95.2 Å². The van der Waals surface area contributed by atoms with E-state index in [0.29, 0.717) is 18.1 Å². The molecule has 34 heavy (non-hydrogen) atoms. The van der Waals surface area contributed by atoms with Gasteiger partial charge in [-0.1, -0.05) is 36.4 Å². The highest BCUT2D eigenvalue weighted by Gasteiger charge is 2.12. The van der Waals surface area contributed by atoms with E-state index in [0.717, 1.165) is 28.9 Å². The molecule has 3 aromatic carbocycles. The van der Waals surface area contributed by atoms with Gasteiger partial charge >= 0.3 is 0 Å². The molecule has 0 radical (unpaired) electrons. The Morgan fingerprint density at radius 2 is 1.79 bits per heavy atom. The van der Waals surface area contributed by atoms with Crippen molar-refractivity contribution >= 4 is 34.1 Å². The van der Waals surface area contributed by atoms with E-state index in [4.69, 9.17) is 4.99 Å². The number of aromatic nitrogens is 1. The Kier molecular flexibility index (Phi) is 6.97. The van der Waals surface area contributed by atoms with Gasteiger partial charge in [0.15, 0.2) is 0 Å². The number of H-pyrrole nitrogens is 1. The molecule has 0 saturated carbocycles. The molecule has 4 rings (SSSR count). The van der Waals surface area contributed by atoms with Gasteiger partial charge in [-0.25, -0.2) is 0 Å². The molecule has 6 nitrogen and oxygen atoms in total. The standard InChI is InChI=1S/C28H31N5O/c1-19-9-7-14-25(20(19)2)31-28(32-27(34)21-10-8-11-23(17-21)33(3)4)29-16-15-22-18-30-26-13-6-5-12-24(22)26/h5-14,17-18,30H,15-16H2,1-4H3,(H2,29,31,32,34). The van der Waals surface area contributed by atoms with Crippen LogP contribution in [0.25, 0.3) is 10.9 Å². The fourth-order valence-electron chi connectivity index (χ4n) is 3.86. The smallest absolute Gasteiger partial charge is 0.258 e. The minimum Gasteiger partial charge on any atom is -0.378 e. The second-order valence-electron chi connectivity index (χ2n) is 8.61. The van der Waals surface area contributed by atoms with Crippen LogP contribution < -0.4 is 15.5 Å². The van der Waals surface area contributed by atoms with Crippen LogP contribution in [0.2, 0.25) is 0 Å². The number of aromatic amines is 1. The van der Waals surface area contributed by atoms with Crippen LogP contribution in [0, 0.1) is 13.8 Å². The molecule has 4 aromatic rings. The van der Waals surface area contributed by atoms with Crippen molar-refractivity contribution in [2.45, 2.75) is 20.3 Å². The molecule has 3 N–H and O–H groups in total. The minimum absolute atomic E-state index is 0.202. The van der Waals surface area contributed by atoms with Gasteiger partial charge in [0.05, 0.1) is 0 Å². The van der Waals surface area contributed by atoms with Crippen LogP contribution in [0.3, 0.4) is 0 Å². The van der Waals surface area contributed by atoms with Gasteiger partial charge in [-0.3, -0.25) is 15.1 Å². The third-order valence-corrected chi connectivity index (χ3v) is 6.04. The SMILES string of the molecule is Cc1cccc(NC(=NCCc2c[nH]c3ccccc23)NC(=O)c2cccc(N(C)C)c2)c1C. The van der Waals surface area contributed by atoms with E-state index in [2.05, 4.69) is 47.7 Å². The first-order valence-corrected chi connectivity index (χ1v) is 11.4. The molecule has 0 bridgehead atoms. The molecule has 0 atom stereocenters. The number of carbonyl (C=O) groups is 1. The van der Waals surface area contributed by atoms with Gasteiger partial charge in [-0.2, -0.15) is 0 Å². The molecule has 0 aliphatic heterocycles. The summed E-state index contributed by atoms with van der Waals surface area (Å²) in [4.78, 5) is 23.1. The molecule has 6 heteroatoms. The van der Waals surface area contributed by atoms with E-state index in [9.17, 15) is 4.79 Å². The number of aliphatic imine (C=N–C) groups is 1. The Bertz CT molecular complexity index is 1340. The number of para-hydroxylation sites is 1. The Morgan fingerprint density at radius 3 is 2.62 bits per heavy atom. The highest BCUT2D eigenvalue weighted by Crippen LogP contribution is 2.20. The fourth-order valence-corrected chi connectivity index (χ4v) is 3.86. The van der Waals surface area contributed by atoms with Crippen molar-refractivity contribution < 1.29 is 4.79 Å². The van der Waals surface area contributed by atoms with Crippen molar-refractivity contribution in [1.29, 1.82) is 0 Å². The molecule has 174 valence electrons. The van der Waals surface area contributed by atoms with E-state index in [1.54, 1.807) is 0 Å². The minimum atomic E-state index is -0.202. The van der Waals surface area contributed by atoms with Gasteiger partial charge in [0.25, 0.3) is 5.91 Å². The number of aryl methyl sites for hydroxylation is 1. The lowest BCUT2D eigenvalue weighted by Crippen LogP contribution is -2.36. The monoisotopic (exact) mass is 453 g/mol. The van der Waals surface area contributed by atoms with Crippen LogP contribution in [-0.4, -0.2) is 37.5 Å². The predicted molar refractivity (Wildman–Crippen MR) is 142 cm³/mol. The fraction of sp³-hybridized carbons (Fsp3) is 0.214. The van der Waals surface area contributed by atoms with Crippen LogP contribution in [0.5, 0.6) is 0 Å². The van der Waals surface area contributed by atoms with Crippen LogP contribution in [0.4, 0.5) is 11.4 Å². The Balaban J connectivity index is 1.56. The summed E-state index contributed by atoms with van der Waals surface area (Å²) >= 11 is 0. The number of guanidine groups is 1. The summed E-state index contributed by atoms with van der Waals surface area (Å²) in [6, 6.07) is 21.8. The van der Waals surface area contributed by atoms with Crippen molar-refractivity contribution in [3.8, 4) is 0 Å². The number of carbonyl (C=O) groups excluding carboxylic acids is 1. The maximum atomic E-state index is 13.1. The first-order valence-electron chi connectivity index (χ1n) is 11.4. The molecular formula is C28H31N5O. The molecular weight excluding hydrogens is 422 g/mol. The first kappa shape index (κ1) is 23.1. The van der Waals surface area contributed by atoms with Gasteiger partial charge in [0.1, 0.15) is 0 Å². The number of rotatable bonds is 6. The number of anilines is 2. The Hall–Kier alpha value is -4.06. The first-order chi connectivity index (χ1) is 16.4. The topological polar surface area (TPSA) is 72.5 Å². The molecule has 0 saturated heterocycles. The molecule has 0 aliphatic rings. The largest absolute Gasteiger partial charge is 0.378 e. The van der Waals surface area contributed by atoms with Gasteiger partial charge in [-0.15, -0.1) is 0 Å². The van der Waals surface area contributed by atoms with E-state index in [1.165, 1.54) is 16.5 Å². The molecule has 1 amide bonds. The molecule has 0 unspecified atom stereocenters. The average molecular weight is 454 g/mol. The quantitative estimate of drug-likeness (QED) is 0.274. The van der Waals surface area contributed by atoms with Crippen molar-refractivity contribution in [3.63, 3.8) is 0 Å². The maximum absolute atomic E-state index is 13.1. The lowest BCUT2D eigenvalue weighted by molar-refractivity contribution is 0.0977. The van der Waals surface area contributed by atoms with Crippen molar-refractivity contribution in [1.82, 2.24) is 10.3 Å². The summed E-state index contributed by atoms with van der Waals surface area (Å²) in [7, 11) is 3.91. The van der Waals surface area contributed by atoms with E-state index in [1.807, 2.05) is 73.7 Å². The number of amides is 1. The normalized spacial score (nSPS) is 11.5. The van der Waals surface area contributed by atoms with Crippen molar-refractivity contribution in [2.24, 2.45) is 4.99 Å². The zero-order valence-electron chi connectivity index (χ0n) is 20.1. The van der Waals surface area contributed by atoms with Gasteiger partial charge in [0.2, 0.25) is 5.96 Å². The summed E-state index contributed by atoms with van der Waals surface area (Å²) in [5.41, 5.74) is 7.09. The van der Waals surface area contributed by atoms with Gasteiger partial charge in [-0.05, 0) is 67.3 Å². The van der Waals surface area contributed by atoms with Crippen molar-refractivity contribution in [2.75, 3.05) is 30.9 Å². The number of fused-ring (bicyclic) bond motifs is 1. The van der Waals surface area contributed by atoms with E-state index in [-0.39, 0.29) is 5.91 Å². The number of hydrogen-bond donors (Lipinski definition) is 3. The molecule has 1 heterocycles. The van der Waals surface area contributed by atoms with E-state index < -0.39 is 0 Å². The number of nitrogens with one attached hydrogen (secondary N) is 3. The molecule has 0 spiro atoms. The molecule has 1 aromatic heterocycles. The summed E-state index contributed by atoms with van der Waals surface area (Å²) in [6.45, 7) is 4.66. The highest BCUT2D eigenvalue weighted by molar-refractivity contribution is 6.10. The molecule has 0 fully saturated rings. The van der Waals surface area contributed by atoms with Crippen LogP contribution in [0.1, 0.15) is 27.0 Å². The second-order valence-corrected chi connectivity index (χ2v) is 8.61. The summed E-state index contributed by atoms with van der Waals surface area (Å²) < 4.78 is 0. The number of nitrogens with zero attached hydrogens (tertiary/aromatic N) is 2. The number of hydrogen-bond acceptors (Lipinski definition) is 3. The van der Waals surface area contributed by atoms with Gasteiger partial charge < -0.3 is 15.2 Å². The summed E-state index contributed by atoms with van der Waals surface area (Å²) in [5, 5.41) is 7.53. The lowest BCUT2D eigenvalue weighted by atomic mass is 10.1. The predicted octanol–water partition coefficient (Wildman–Crippen LogP) is 5.29. The average Bonchev–Trinajstić information content (AvgIpc) is 3.25. The van der Waals surface area contributed by atoms with Crippen LogP contribution in [0.15, 0.2) is 77.9 Å². The third-order valence-electron chi connectivity index (χ3n) is 6.04. The van der Waals surface area contributed by atoms with E-state index >= 15 is 0 Å². The maximum Gasteiger partial charge on any atom is 0.258 e. The summed E-state index contributed by atoms with van der Waals surface area (Å²) in [5.74, 6) is 0.237. The van der Waals surface area contributed by atoms with Crippen LogP contribution >= 0.6 is 0 Å². The van der Waals surface area contributed by atoms with Crippen LogP contribution in [-0.2, 0) is 6.42 Å².